The molecule has 0 saturated carbocycles. The van der Waals surface area contributed by atoms with Gasteiger partial charge in [0, 0.05) is 19.6 Å². The average molecular weight is 245 g/mol. The fraction of sp³-hybridized carbons (Fsp3) is 0.846. The number of unbranched alkanes of at least 4 members (excludes halogenated alkanes) is 2. The first-order valence-corrected chi connectivity index (χ1v) is 6.64. The summed E-state index contributed by atoms with van der Waals surface area (Å²) in [5, 5.41) is 11.8. The van der Waals surface area contributed by atoms with Crippen molar-refractivity contribution in [2.45, 2.75) is 39.5 Å². The molecule has 17 heavy (non-hydrogen) atoms. The Morgan fingerprint density at radius 1 is 1.24 bits per heavy atom. The maximum atomic E-state index is 9.44. The molecule has 2 N–H and O–H groups in total. The molecule has 0 saturated heterocycles. The average Bonchev–Trinajstić information content (AvgIpc) is 2.24. The van der Waals surface area contributed by atoms with Crippen molar-refractivity contribution in [2.24, 2.45) is 0 Å². The van der Waals surface area contributed by atoms with Crippen LogP contribution in [0, 0.1) is 5.21 Å². The summed E-state index contributed by atoms with van der Waals surface area (Å²) in [6.07, 6.45) is 7.02. The van der Waals surface area contributed by atoms with Crippen LogP contribution in [0.1, 0.15) is 39.5 Å². The Labute approximate surface area is 107 Å². The Balaban J connectivity index is 0. The van der Waals surface area contributed by atoms with Crippen LogP contribution >= 0.6 is 0 Å². The molecule has 0 bridgehead atoms. The summed E-state index contributed by atoms with van der Waals surface area (Å²) in [6.45, 7) is 11.3. The lowest BCUT2D eigenvalue weighted by Crippen LogP contribution is -3.00. The Hall–Kier alpha value is -0.420. The van der Waals surface area contributed by atoms with Crippen molar-refractivity contribution < 1.29 is 5.06 Å². The number of rotatable bonds is 9. The predicted molar refractivity (Wildman–Crippen MR) is 75.8 cm³/mol. The van der Waals surface area contributed by atoms with Gasteiger partial charge in [-0.2, -0.15) is 0 Å². The minimum Gasteiger partial charge on any atom is -0.635 e. The quantitative estimate of drug-likeness (QED) is 0.364. The molecule has 0 atom stereocenters. The highest BCUT2D eigenvalue weighted by atomic mass is 16.5. The molecule has 4 heteroatoms. The summed E-state index contributed by atoms with van der Waals surface area (Å²) in [4.78, 5) is 0. The molecule has 0 spiro atoms. The fourth-order valence-electron chi connectivity index (χ4n) is 1.27. The lowest BCUT2D eigenvalue weighted by molar-refractivity contribution is -0.802. The van der Waals surface area contributed by atoms with Gasteiger partial charge >= 0.3 is 0 Å². The predicted octanol–water partition coefficient (Wildman–Crippen LogP) is 1.21. The van der Waals surface area contributed by atoms with E-state index in [4.69, 9.17) is 0 Å². The van der Waals surface area contributed by atoms with E-state index in [0.29, 0.717) is 0 Å². The maximum Gasteiger partial charge on any atom is 0.0660 e. The van der Waals surface area contributed by atoms with E-state index in [-0.39, 0.29) is 5.06 Å². The third-order valence-corrected chi connectivity index (χ3v) is 1.96. The van der Waals surface area contributed by atoms with Gasteiger partial charge in [0.1, 0.15) is 0 Å². The van der Waals surface area contributed by atoms with Crippen LogP contribution in [0.3, 0.4) is 0 Å². The summed E-state index contributed by atoms with van der Waals surface area (Å²) >= 11 is 0. The molecule has 0 aliphatic carbocycles. The number of hydrogen-bond donors (Lipinski definition) is 2. The molecule has 0 aromatic carbocycles. The molecule has 0 aromatic heterocycles. The number of nitrogens with one attached hydrogen (secondary N) is 2. The normalized spacial score (nSPS) is 10.3. The van der Waals surface area contributed by atoms with Gasteiger partial charge in [-0.25, -0.2) is 5.01 Å². The molecule has 0 fully saturated rings. The molecule has 0 aromatic rings. The Kier molecular flexibility index (Phi) is 17.4. The summed E-state index contributed by atoms with van der Waals surface area (Å²) in [5.74, 6) is 0. The second-order valence-electron chi connectivity index (χ2n) is 4.26. The first kappa shape index (κ1) is 18.9. The van der Waals surface area contributed by atoms with E-state index >= 15 is 0 Å². The van der Waals surface area contributed by atoms with E-state index in [1.54, 1.807) is 0 Å². The van der Waals surface area contributed by atoms with Crippen LogP contribution in [0.2, 0.25) is 0 Å². The molecule has 104 valence electrons. The largest absolute Gasteiger partial charge is 0.635 e. The molecule has 0 rings (SSSR count). The van der Waals surface area contributed by atoms with E-state index in [9.17, 15) is 5.21 Å². The fourth-order valence-corrected chi connectivity index (χ4v) is 1.27. The van der Waals surface area contributed by atoms with Gasteiger partial charge in [0.25, 0.3) is 0 Å². The second kappa shape index (κ2) is 15.6. The molecule has 0 amide bonds. The third-order valence-electron chi connectivity index (χ3n) is 1.96. The third kappa shape index (κ3) is 21.4. The van der Waals surface area contributed by atoms with Crippen LogP contribution < -0.4 is 10.5 Å². The molecule has 0 aliphatic heterocycles. The molecule has 0 radical (unpaired) electrons. The van der Waals surface area contributed by atoms with Crippen LogP contribution in [0.5, 0.6) is 0 Å². The van der Waals surface area contributed by atoms with E-state index in [2.05, 4.69) is 30.9 Å². The summed E-state index contributed by atoms with van der Waals surface area (Å²) in [7, 11) is 3.06. The minimum absolute atomic E-state index is 0.167. The Bertz CT molecular complexity index is 149. The lowest BCUT2D eigenvalue weighted by Gasteiger charge is -2.20. The first-order chi connectivity index (χ1) is 8.08. The maximum absolute atomic E-state index is 9.44. The van der Waals surface area contributed by atoms with E-state index in [1.165, 1.54) is 39.8 Å². The number of hydrogen-bond acceptors (Lipinski definition) is 3. The van der Waals surface area contributed by atoms with Gasteiger partial charge in [-0.15, -0.1) is 6.58 Å². The van der Waals surface area contributed by atoms with Crippen LogP contribution in [0.25, 0.3) is 0 Å². The molecular weight excluding hydrogens is 214 g/mol. The van der Waals surface area contributed by atoms with Crippen molar-refractivity contribution in [3.63, 3.8) is 0 Å². The minimum atomic E-state index is 0.167. The highest BCUT2D eigenvalue weighted by Gasteiger charge is 1.98. The zero-order chi connectivity index (χ0) is 13.5. The Morgan fingerprint density at radius 3 is 2.24 bits per heavy atom. The number of quaternary nitrogens is 1. The van der Waals surface area contributed by atoms with Crippen molar-refractivity contribution in [1.29, 1.82) is 0 Å². The molecule has 0 heterocycles. The monoisotopic (exact) mass is 245 g/mol. The van der Waals surface area contributed by atoms with Crippen molar-refractivity contribution in [2.75, 3.05) is 33.7 Å². The van der Waals surface area contributed by atoms with Gasteiger partial charge in [-0.05, 0) is 12.8 Å². The number of nitrogens with zero attached hydrogens (tertiary/aromatic N) is 1. The van der Waals surface area contributed by atoms with Gasteiger partial charge in [0.15, 0.2) is 0 Å². The number of hydrazine groups is 1. The second-order valence-corrected chi connectivity index (χ2v) is 4.26. The van der Waals surface area contributed by atoms with E-state index < -0.39 is 0 Å². The highest BCUT2D eigenvalue weighted by molar-refractivity contribution is 4.70. The van der Waals surface area contributed by atoms with Gasteiger partial charge < -0.3 is 10.3 Å². The zero-order valence-electron chi connectivity index (χ0n) is 12.1. The van der Waals surface area contributed by atoms with Crippen LogP contribution in [-0.4, -0.2) is 38.7 Å². The van der Waals surface area contributed by atoms with Crippen LogP contribution in [0.4, 0.5) is 0 Å². The Morgan fingerprint density at radius 2 is 1.82 bits per heavy atom. The molecule has 4 nitrogen and oxygen atoms in total. The van der Waals surface area contributed by atoms with E-state index in [1.807, 2.05) is 6.08 Å². The summed E-state index contributed by atoms with van der Waals surface area (Å²) in [6, 6.07) is 0. The van der Waals surface area contributed by atoms with Crippen molar-refractivity contribution in [1.82, 2.24) is 10.4 Å². The van der Waals surface area contributed by atoms with Crippen molar-refractivity contribution in [3.05, 3.63) is 17.9 Å². The van der Waals surface area contributed by atoms with Crippen molar-refractivity contribution >= 4 is 0 Å². The number of hydroxylamine groups is 2. The topological polar surface area (TPSA) is 42.8 Å². The lowest BCUT2D eigenvalue weighted by atomic mass is 10.2. The van der Waals surface area contributed by atoms with Gasteiger partial charge in [-0.1, -0.05) is 32.8 Å². The smallest absolute Gasteiger partial charge is 0.0660 e. The van der Waals surface area contributed by atoms with Crippen LogP contribution in [0.15, 0.2) is 12.7 Å². The molecular formula is C13H31N3O. The first-order valence-electron chi connectivity index (χ1n) is 6.64. The van der Waals surface area contributed by atoms with Crippen LogP contribution in [-0.2, 0) is 0 Å². The SMILES string of the molecule is C=CCN(CCC)NCCCCC.C[NH+](C)[O-]. The molecule has 0 aliphatic rings. The highest BCUT2D eigenvalue weighted by Crippen LogP contribution is 1.93. The standard InChI is InChI=1S/C11H24N2.C2H7NO/c1-4-7-8-9-12-13(10-5-2)11-6-3;1-3(2)4/h5,12H,2,4,6-11H2,1,3H3;3H,1-2H3. The summed E-state index contributed by atoms with van der Waals surface area (Å²) in [5.41, 5.74) is 3.42. The summed E-state index contributed by atoms with van der Waals surface area (Å²) < 4.78 is 0. The van der Waals surface area contributed by atoms with Gasteiger partial charge in [-0.3, -0.25) is 5.43 Å². The van der Waals surface area contributed by atoms with Crippen molar-refractivity contribution in [3.8, 4) is 0 Å². The van der Waals surface area contributed by atoms with Gasteiger partial charge in [0.05, 0.1) is 14.1 Å². The molecule has 0 unspecified atom stereocenters. The zero-order valence-corrected chi connectivity index (χ0v) is 12.1. The van der Waals surface area contributed by atoms with E-state index in [0.717, 1.165) is 19.6 Å². The van der Waals surface area contributed by atoms with Gasteiger partial charge in [0.2, 0.25) is 0 Å².